The fraction of sp³-hybridized carbons (Fsp3) is 0.0833. The van der Waals surface area contributed by atoms with Crippen LogP contribution in [-0.4, -0.2) is 20.6 Å². The zero-order chi connectivity index (χ0) is 27.4. The molecule has 3 aromatic carbocycles. The summed E-state index contributed by atoms with van der Waals surface area (Å²) in [4.78, 5) is 23.3. The van der Waals surface area contributed by atoms with Crippen LogP contribution in [0.2, 0.25) is 5.02 Å². The highest BCUT2D eigenvalue weighted by Crippen LogP contribution is 2.34. The summed E-state index contributed by atoms with van der Waals surface area (Å²) in [6, 6.07) is 12.4. The molecule has 0 atom stereocenters. The molecule has 0 aliphatic rings. The Morgan fingerprint density at radius 3 is 2.55 bits per heavy atom. The predicted molar refractivity (Wildman–Crippen MR) is 127 cm³/mol. The second-order valence-electron chi connectivity index (χ2n) is 7.64. The van der Waals surface area contributed by atoms with Crippen LogP contribution in [0.1, 0.15) is 16.1 Å². The molecule has 0 bridgehead atoms. The Morgan fingerprint density at radius 2 is 1.84 bits per heavy atom. The van der Waals surface area contributed by atoms with Crippen LogP contribution >= 0.6 is 11.6 Å². The van der Waals surface area contributed by atoms with Gasteiger partial charge in [0, 0.05) is 24.4 Å². The lowest BCUT2D eigenvalue weighted by Gasteiger charge is -2.11. The average Bonchev–Trinajstić information content (AvgIpc) is 3.33. The predicted octanol–water partition coefficient (Wildman–Crippen LogP) is 6.68. The van der Waals surface area contributed by atoms with E-state index in [-0.39, 0.29) is 40.4 Å². The Kier molecular flexibility index (Phi) is 7.48. The van der Waals surface area contributed by atoms with Crippen molar-refractivity contribution in [2.75, 3.05) is 5.32 Å². The molecule has 196 valence electrons. The quantitative estimate of drug-likeness (QED) is 0.149. The van der Waals surface area contributed by atoms with Crippen LogP contribution < -0.4 is 14.8 Å². The van der Waals surface area contributed by atoms with E-state index >= 15 is 0 Å². The summed E-state index contributed by atoms with van der Waals surface area (Å²) >= 11 is 5.70. The number of carbonyl (C=O) groups is 1. The first-order valence-corrected chi connectivity index (χ1v) is 10.9. The van der Waals surface area contributed by atoms with Gasteiger partial charge in [-0.1, -0.05) is 17.7 Å². The van der Waals surface area contributed by atoms with Crippen LogP contribution in [0.25, 0.3) is 0 Å². The number of ether oxygens (including phenoxy) is 2. The smallest absolute Gasteiger partial charge is 0.416 e. The molecule has 0 radical (unpaired) electrons. The van der Waals surface area contributed by atoms with Crippen LogP contribution in [0, 0.1) is 15.9 Å². The number of amides is 1. The maximum absolute atomic E-state index is 13.3. The number of nitrogens with one attached hydrogen (secondary N) is 1. The van der Waals surface area contributed by atoms with Crippen molar-refractivity contribution < 1.29 is 36.8 Å². The number of alkyl halides is 3. The van der Waals surface area contributed by atoms with Gasteiger partial charge in [0.05, 0.1) is 27.3 Å². The van der Waals surface area contributed by atoms with Gasteiger partial charge in [0.1, 0.15) is 23.1 Å². The molecule has 1 amide bonds. The van der Waals surface area contributed by atoms with Crippen LogP contribution in [-0.2, 0) is 12.9 Å². The third-order valence-electron chi connectivity index (χ3n) is 4.88. The summed E-state index contributed by atoms with van der Waals surface area (Å²) < 4.78 is 64.3. The van der Waals surface area contributed by atoms with E-state index in [0.29, 0.717) is 0 Å². The molecule has 0 saturated carbocycles. The Bertz CT molecular complexity index is 1510. The Labute approximate surface area is 216 Å². The zero-order valence-corrected chi connectivity index (χ0v) is 19.7. The van der Waals surface area contributed by atoms with Crippen molar-refractivity contribution in [1.82, 2.24) is 9.78 Å². The number of aromatic nitrogens is 2. The first-order chi connectivity index (χ1) is 18.0. The van der Waals surface area contributed by atoms with Gasteiger partial charge in [0.2, 0.25) is 0 Å². The van der Waals surface area contributed by atoms with Crippen molar-refractivity contribution in [2.24, 2.45) is 0 Å². The number of nitro benzene ring substituents is 1. The van der Waals surface area contributed by atoms with Crippen molar-refractivity contribution in [2.45, 2.75) is 12.9 Å². The van der Waals surface area contributed by atoms with Gasteiger partial charge < -0.3 is 14.8 Å². The minimum atomic E-state index is -4.61. The van der Waals surface area contributed by atoms with E-state index in [1.807, 2.05) is 0 Å². The van der Waals surface area contributed by atoms with E-state index in [2.05, 4.69) is 10.4 Å². The Balaban J connectivity index is 1.47. The number of hydrogen-bond donors (Lipinski definition) is 1. The summed E-state index contributed by atoms with van der Waals surface area (Å²) in [5.74, 6) is -1.46. The number of benzene rings is 3. The summed E-state index contributed by atoms with van der Waals surface area (Å²) in [5, 5.41) is 17.7. The largest absolute Gasteiger partial charge is 0.471 e. The molecule has 9 nitrogen and oxygen atoms in total. The van der Waals surface area contributed by atoms with Crippen LogP contribution in [0.4, 0.5) is 28.9 Å². The van der Waals surface area contributed by atoms with Gasteiger partial charge in [0.15, 0.2) is 12.4 Å². The normalized spacial score (nSPS) is 11.2. The number of non-ortho nitro benzene ring substituents is 1. The summed E-state index contributed by atoms with van der Waals surface area (Å²) in [5.41, 5.74) is -1.56. The number of nitro groups is 1. The van der Waals surface area contributed by atoms with Crippen molar-refractivity contribution in [3.8, 4) is 17.2 Å². The van der Waals surface area contributed by atoms with E-state index in [0.717, 1.165) is 36.4 Å². The summed E-state index contributed by atoms with van der Waals surface area (Å²) in [6.45, 7) is -0.138. The second kappa shape index (κ2) is 10.8. The van der Waals surface area contributed by atoms with Crippen molar-refractivity contribution >= 4 is 28.9 Å². The number of nitrogens with zero attached hydrogens (tertiary/aromatic N) is 3. The van der Waals surface area contributed by atoms with Gasteiger partial charge >= 0.3 is 6.18 Å². The van der Waals surface area contributed by atoms with E-state index < -0.39 is 34.1 Å². The van der Waals surface area contributed by atoms with E-state index in [9.17, 15) is 32.5 Å². The molecule has 0 fully saturated rings. The maximum atomic E-state index is 13.3. The summed E-state index contributed by atoms with van der Waals surface area (Å²) in [6.07, 6.45) is -3.18. The second-order valence-corrected chi connectivity index (χ2v) is 8.05. The molecule has 38 heavy (non-hydrogen) atoms. The van der Waals surface area contributed by atoms with Gasteiger partial charge in [-0.15, -0.1) is 0 Å². The van der Waals surface area contributed by atoms with E-state index in [4.69, 9.17) is 21.1 Å². The number of anilines is 1. The molecule has 0 saturated heterocycles. The highest BCUT2D eigenvalue weighted by Gasteiger charge is 2.30. The first kappa shape index (κ1) is 26.4. The lowest BCUT2D eigenvalue weighted by atomic mass is 10.2. The lowest BCUT2D eigenvalue weighted by molar-refractivity contribution is -0.384. The Morgan fingerprint density at radius 1 is 1.05 bits per heavy atom. The Hall–Kier alpha value is -4.65. The van der Waals surface area contributed by atoms with Crippen molar-refractivity contribution in [3.05, 3.63) is 105 Å². The average molecular weight is 551 g/mol. The first-order valence-electron chi connectivity index (χ1n) is 10.6. The van der Waals surface area contributed by atoms with E-state index in [1.165, 1.54) is 41.2 Å². The standard InChI is InChI=1S/C24H15ClF4N4O5/c25-20-12-17(4-5-21(20)26)37-13-32-7-6-22(31-32)23(34)30-15-9-16(33(35)36)11-19(10-15)38-18-3-1-2-14(8-18)24(27,28)29/h1-12H,13H2,(H,30,34). The van der Waals surface area contributed by atoms with E-state index in [1.54, 1.807) is 0 Å². The van der Waals surface area contributed by atoms with Crippen LogP contribution in [0.15, 0.2) is 72.9 Å². The monoisotopic (exact) mass is 550 g/mol. The topological polar surface area (TPSA) is 109 Å². The minimum Gasteiger partial charge on any atom is -0.471 e. The molecule has 0 aliphatic carbocycles. The SMILES string of the molecule is O=C(Nc1cc(Oc2cccc(C(F)(F)F)c2)cc([N+](=O)[O-])c1)c1ccn(COc2ccc(F)c(Cl)c2)n1. The lowest BCUT2D eigenvalue weighted by Crippen LogP contribution is -2.14. The molecule has 0 unspecified atom stereocenters. The molecule has 4 rings (SSSR count). The number of rotatable bonds is 8. The third-order valence-corrected chi connectivity index (χ3v) is 5.17. The fourth-order valence-corrected chi connectivity index (χ4v) is 3.32. The summed E-state index contributed by atoms with van der Waals surface area (Å²) in [7, 11) is 0. The molecule has 0 aliphatic heterocycles. The molecule has 1 N–H and O–H groups in total. The minimum absolute atomic E-state index is 0.0575. The van der Waals surface area contributed by atoms with Gasteiger partial charge in [-0.3, -0.25) is 14.9 Å². The molecule has 1 aromatic heterocycles. The molecular formula is C24H15ClF4N4O5. The van der Waals surface area contributed by atoms with Crippen molar-refractivity contribution in [3.63, 3.8) is 0 Å². The molecule has 0 spiro atoms. The van der Waals surface area contributed by atoms with Crippen molar-refractivity contribution in [1.29, 1.82) is 0 Å². The van der Waals surface area contributed by atoms with Gasteiger partial charge in [0.25, 0.3) is 11.6 Å². The van der Waals surface area contributed by atoms with Gasteiger partial charge in [-0.25, -0.2) is 9.07 Å². The highest BCUT2D eigenvalue weighted by molar-refractivity contribution is 6.30. The maximum Gasteiger partial charge on any atom is 0.416 e. The molecule has 1 heterocycles. The molecular weight excluding hydrogens is 536 g/mol. The van der Waals surface area contributed by atoms with Gasteiger partial charge in [-0.05, 0) is 36.4 Å². The number of carbonyl (C=O) groups excluding carboxylic acids is 1. The van der Waals surface area contributed by atoms with Gasteiger partial charge in [-0.2, -0.15) is 18.3 Å². The highest BCUT2D eigenvalue weighted by atomic mass is 35.5. The van der Waals surface area contributed by atoms with Crippen LogP contribution in [0.3, 0.4) is 0 Å². The fourth-order valence-electron chi connectivity index (χ4n) is 3.15. The molecule has 4 aromatic rings. The molecule has 14 heteroatoms. The number of hydrogen-bond acceptors (Lipinski definition) is 6. The zero-order valence-electron chi connectivity index (χ0n) is 18.9. The van der Waals surface area contributed by atoms with Crippen LogP contribution in [0.5, 0.6) is 17.2 Å². The third kappa shape index (κ3) is 6.56. The number of halogens is 5.